The normalized spacial score (nSPS) is 26.9. The van der Waals surface area contributed by atoms with Gasteiger partial charge in [-0.3, -0.25) is 0 Å². The maximum atomic E-state index is 6.18. The van der Waals surface area contributed by atoms with Crippen LogP contribution in [0.4, 0.5) is 0 Å². The highest BCUT2D eigenvalue weighted by atomic mass is 32.1. The fraction of sp³-hybridized carbons (Fsp3) is 0.778. The summed E-state index contributed by atoms with van der Waals surface area (Å²) in [6.07, 6.45) is 12.1. The quantitative estimate of drug-likeness (QED) is 0.736. The standard InChI is InChI=1S/C18H31NS/c1-3-5-6-15-9-11-18(14-19,12-10-15)13-17-8-7-16(4-2)20-17/h7-8,15H,3-6,9-14,19H2,1-2H3. The van der Waals surface area contributed by atoms with Crippen LogP contribution in [-0.2, 0) is 12.8 Å². The van der Waals surface area contributed by atoms with E-state index in [9.17, 15) is 0 Å². The van der Waals surface area contributed by atoms with E-state index in [2.05, 4.69) is 26.0 Å². The van der Waals surface area contributed by atoms with Gasteiger partial charge in [-0.2, -0.15) is 0 Å². The molecule has 1 nitrogen and oxygen atoms in total. The highest BCUT2D eigenvalue weighted by Gasteiger charge is 2.34. The molecule has 0 aliphatic heterocycles. The van der Waals surface area contributed by atoms with E-state index in [0.717, 1.165) is 12.5 Å². The van der Waals surface area contributed by atoms with E-state index in [1.165, 1.54) is 62.7 Å². The predicted molar refractivity (Wildman–Crippen MR) is 90.4 cm³/mol. The lowest BCUT2D eigenvalue weighted by Gasteiger charge is -2.39. The van der Waals surface area contributed by atoms with Crippen molar-refractivity contribution in [1.82, 2.24) is 0 Å². The number of hydrogen-bond donors (Lipinski definition) is 1. The second-order valence-electron chi connectivity index (χ2n) is 6.69. The van der Waals surface area contributed by atoms with Gasteiger partial charge in [0.1, 0.15) is 0 Å². The molecule has 1 aromatic heterocycles. The highest BCUT2D eigenvalue weighted by molar-refractivity contribution is 7.11. The molecule has 2 rings (SSSR count). The van der Waals surface area contributed by atoms with Crippen LogP contribution in [0.15, 0.2) is 12.1 Å². The van der Waals surface area contributed by atoms with E-state index < -0.39 is 0 Å². The summed E-state index contributed by atoms with van der Waals surface area (Å²) in [6.45, 7) is 5.41. The topological polar surface area (TPSA) is 26.0 Å². The molecule has 0 radical (unpaired) electrons. The average Bonchev–Trinajstić information content (AvgIpc) is 2.94. The maximum absolute atomic E-state index is 6.18. The zero-order valence-electron chi connectivity index (χ0n) is 13.3. The molecule has 0 spiro atoms. The van der Waals surface area contributed by atoms with Crippen molar-refractivity contribution in [3.63, 3.8) is 0 Å². The van der Waals surface area contributed by atoms with Gasteiger partial charge in [-0.05, 0) is 68.5 Å². The first-order valence-corrected chi connectivity index (χ1v) is 9.30. The van der Waals surface area contributed by atoms with Crippen molar-refractivity contribution in [1.29, 1.82) is 0 Å². The Morgan fingerprint density at radius 1 is 1.20 bits per heavy atom. The first-order chi connectivity index (χ1) is 9.71. The molecule has 1 aromatic rings. The average molecular weight is 294 g/mol. The Morgan fingerprint density at radius 2 is 1.90 bits per heavy atom. The number of hydrogen-bond acceptors (Lipinski definition) is 2. The third kappa shape index (κ3) is 4.08. The van der Waals surface area contributed by atoms with Gasteiger partial charge in [-0.15, -0.1) is 11.3 Å². The van der Waals surface area contributed by atoms with Gasteiger partial charge < -0.3 is 5.73 Å². The smallest absolute Gasteiger partial charge is 0.00541 e. The molecule has 1 heterocycles. The number of thiophene rings is 1. The predicted octanol–water partition coefficient (Wildman–Crippen LogP) is 5.18. The number of nitrogens with two attached hydrogens (primary N) is 1. The molecule has 0 aromatic carbocycles. The van der Waals surface area contributed by atoms with Crippen molar-refractivity contribution in [3.05, 3.63) is 21.9 Å². The molecule has 20 heavy (non-hydrogen) atoms. The molecule has 1 fully saturated rings. The number of rotatable bonds is 7. The number of unbranched alkanes of at least 4 members (excludes halogenated alkanes) is 1. The van der Waals surface area contributed by atoms with Crippen LogP contribution in [0.1, 0.15) is 68.5 Å². The van der Waals surface area contributed by atoms with Crippen molar-refractivity contribution in [2.45, 2.75) is 71.6 Å². The van der Waals surface area contributed by atoms with Crippen molar-refractivity contribution < 1.29 is 0 Å². The molecule has 114 valence electrons. The van der Waals surface area contributed by atoms with E-state index in [1.54, 1.807) is 4.88 Å². The lowest BCUT2D eigenvalue weighted by molar-refractivity contribution is 0.151. The Morgan fingerprint density at radius 3 is 2.45 bits per heavy atom. The second kappa shape index (κ2) is 7.61. The lowest BCUT2D eigenvalue weighted by atomic mass is 9.67. The van der Waals surface area contributed by atoms with Crippen LogP contribution in [0.25, 0.3) is 0 Å². The summed E-state index contributed by atoms with van der Waals surface area (Å²) in [6, 6.07) is 4.64. The van der Waals surface area contributed by atoms with Gasteiger partial charge in [-0.1, -0.05) is 33.1 Å². The zero-order chi connectivity index (χ0) is 14.4. The molecule has 2 heteroatoms. The molecule has 1 saturated carbocycles. The molecule has 2 N–H and O–H groups in total. The molecule has 0 bridgehead atoms. The van der Waals surface area contributed by atoms with E-state index in [0.29, 0.717) is 5.41 Å². The van der Waals surface area contributed by atoms with Gasteiger partial charge in [0.15, 0.2) is 0 Å². The van der Waals surface area contributed by atoms with E-state index in [1.807, 2.05) is 11.3 Å². The van der Waals surface area contributed by atoms with Gasteiger partial charge in [0.25, 0.3) is 0 Å². The largest absolute Gasteiger partial charge is 0.330 e. The SMILES string of the molecule is CCCCC1CCC(CN)(Cc2ccc(CC)s2)CC1. The van der Waals surface area contributed by atoms with Crippen LogP contribution in [0.5, 0.6) is 0 Å². The van der Waals surface area contributed by atoms with Gasteiger partial charge in [-0.25, -0.2) is 0 Å². The monoisotopic (exact) mass is 293 g/mol. The summed E-state index contributed by atoms with van der Waals surface area (Å²) >= 11 is 2.00. The fourth-order valence-corrected chi connectivity index (χ4v) is 4.73. The minimum absolute atomic E-state index is 0.401. The minimum Gasteiger partial charge on any atom is -0.330 e. The van der Waals surface area contributed by atoms with Crippen LogP contribution in [0.3, 0.4) is 0 Å². The van der Waals surface area contributed by atoms with Crippen molar-refractivity contribution in [3.8, 4) is 0 Å². The van der Waals surface area contributed by atoms with Crippen LogP contribution in [-0.4, -0.2) is 6.54 Å². The molecular weight excluding hydrogens is 262 g/mol. The summed E-state index contributed by atoms with van der Waals surface area (Å²) in [7, 11) is 0. The van der Waals surface area contributed by atoms with Gasteiger partial charge >= 0.3 is 0 Å². The Kier molecular flexibility index (Phi) is 6.10. The Balaban J connectivity index is 1.91. The van der Waals surface area contributed by atoms with E-state index in [4.69, 9.17) is 5.73 Å². The Hall–Kier alpha value is -0.340. The molecule has 1 aliphatic carbocycles. The Labute approximate surface area is 129 Å². The Bertz CT molecular complexity index is 388. The van der Waals surface area contributed by atoms with E-state index in [-0.39, 0.29) is 0 Å². The van der Waals surface area contributed by atoms with Gasteiger partial charge in [0.2, 0.25) is 0 Å². The molecular formula is C18H31NS. The van der Waals surface area contributed by atoms with Crippen LogP contribution in [0, 0.1) is 11.3 Å². The van der Waals surface area contributed by atoms with E-state index >= 15 is 0 Å². The molecule has 1 aliphatic rings. The summed E-state index contributed by atoms with van der Waals surface area (Å²) in [5, 5.41) is 0. The third-order valence-electron chi connectivity index (χ3n) is 5.18. The van der Waals surface area contributed by atoms with Crippen molar-refractivity contribution >= 4 is 11.3 Å². The summed E-state index contributed by atoms with van der Waals surface area (Å²) in [4.78, 5) is 3.07. The molecule has 0 atom stereocenters. The van der Waals surface area contributed by atoms with Gasteiger partial charge in [0.05, 0.1) is 0 Å². The summed E-state index contributed by atoms with van der Waals surface area (Å²) < 4.78 is 0. The molecule has 0 unspecified atom stereocenters. The maximum Gasteiger partial charge on any atom is 0.00541 e. The van der Waals surface area contributed by atoms with Gasteiger partial charge in [0, 0.05) is 9.75 Å². The highest BCUT2D eigenvalue weighted by Crippen LogP contribution is 2.43. The van der Waals surface area contributed by atoms with Crippen molar-refractivity contribution in [2.24, 2.45) is 17.1 Å². The summed E-state index contributed by atoms with van der Waals surface area (Å²) in [5.41, 5.74) is 6.58. The van der Waals surface area contributed by atoms with Crippen LogP contribution >= 0.6 is 11.3 Å². The second-order valence-corrected chi connectivity index (χ2v) is 7.94. The molecule has 0 amide bonds. The van der Waals surface area contributed by atoms with Crippen LogP contribution in [0.2, 0.25) is 0 Å². The third-order valence-corrected chi connectivity index (χ3v) is 6.41. The minimum atomic E-state index is 0.401. The fourth-order valence-electron chi connectivity index (χ4n) is 3.60. The summed E-state index contributed by atoms with van der Waals surface area (Å²) in [5.74, 6) is 0.976. The van der Waals surface area contributed by atoms with Crippen molar-refractivity contribution in [2.75, 3.05) is 6.54 Å². The first kappa shape index (κ1) is 16.0. The molecule has 0 saturated heterocycles. The first-order valence-electron chi connectivity index (χ1n) is 8.49. The number of aryl methyl sites for hydroxylation is 1. The van der Waals surface area contributed by atoms with Crippen LogP contribution < -0.4 is 5.73 Å². The zero-order valence-corrected chi connectivity index (χ0v) is 14.1. The lowest BCUT2D eigenvalue weighted by Crippen LogP contribution is -2.36.